The number of fused-ring (bicyclic) bond motifs is 1. The number of halogens is 3. The summed E-state index contributed by atoms with van der Waals surface area (Å²) >= 11 is 5.69. The third-order valence-electron chi connectivity index (χ3n) is 5.22. The van der Waals surface area contributed by atoms with Crippen LogP contribution in [0.3, 0.4) is 0 Å². The van der Waals surface area contributed by atoms with Gasteiger partial charge in [-0.3, -0.25) is 24.5 Å². The predicted octanol–water partition coefficient (Wildman–Crippen LogP) is 2.51. The number of benzene rings is 2. The largest absolute Gasteiger partial charge is 0.349 e. The van der Waals surface area contributed by atoms with Gasteiger partial charge in [-0.1, -0.05) is 35.9 Å². The van der Waals surface area contributed by atoms with Crippen molar-refractivity contribution in [2.75, 3.05) is 0 Å². The number of carbonyl (C=O) groups is 4. The molecule has 0 radical (unpaired) electrons. The van der Waals surface area contributed by atoms with E-state index in [1.807, 2.05) is 0 Å². The number of hydrogen-bond acceptors (Lipinski definition) is 4. The Morgan fingerprint density at radius 1 is 1.28 bits per heavy atom. The number of amides is 4. The smallest absolute Gasteiger partial charge is 0.346 e. The van der Waals surface area contributed by atoms with Crippen LogP contribution >= 0.6 is 11.6 Å². The highest BCUT2D eigenvalue weighted by atomic mass is 35.5. The molecule has 2 N–H and O–H groups in total. The fourth-order valence-electron chi connectivity index (χ4n) is 3.54. The Kier molecular flexibility index (Phi) is 4.74. The number of hydrogen-bond donors (Lipinski definition) is 2. The molecule has 0 bridgehead atoms. The number of nitrogens with zero attached hydrogens (tertiary/aromatic N) is 1. The van der Waals surface area contributed by atoms with Gasteiger partial charge in [0, 0.05) is 37.0 Å². The van der Waals surface area contributed by atoms with E-state index in [0.717, 1.165) is 12.1 Å². The lowest BCUT2D eigenvalue weighted by atomic mass is 10.0. The first-order valence-electron chi connectivity index (χ1n) is 11.1. The van der Waals surface area contributed by atoms with Crippen molar-refractivity contribution in [2.24, 2.45) is 0 Å². The summed E-state index contributed by atoms with van der Waals surface area (Å²) in [5, 5.41) is 2.10. The van der Waals surface area contributed by atoms with Crippen LogP contribution in [0.4, 0.5) is 8.78 Å². The minimum atomic E-state index is -4.08. The summed E-state index contributed by atoms with van der Waals surface area (Å²) in [5.41, 5.74) is -0.110. The molecule has 0 aliphatic carbocycles. The minimum absolute atomic E-state index is 0.00953. The number of piperidine rings is 1. The first-order chi connectivity index (χ1) is 16.4. The van der Waals surface area contributed by atoms with Crippen molar-refractivity contribution in [3.63, 3.8) is 0 Å². The van der Waals surface area contributed by atoms with Crippen LogP contribution in [0.25, 0.3) is 0 Å². The van der Waals surface area contributed by atoms with Crippen molar-refractivity contribution in [3.8, 4) is 0 Å². The average Bonchev–Trinajstić information content (AvgIpc) is 3.15. The van der Waals surface area contributed by atoms with E-state index in [-0.39, 0.29) is 34.4 Å². The van der Waals surface area contributed by atoms with Crippen molar-refractivity contribution in [3.05, 3.63) is 69.7 Å². The summed E-state index contributed by atoms with van der Waals surface area (Å²) in [6.07, 6.45) is -1.39. The molecule has 2 heterocycles. The standard InChI is InChI=1S/C22H18ClF2N3O4/c23-15-4-2-14(3-5-15)22(24,25)21(32)26-10-12-1-6-16-13(9-12)11-28(20(16)31)17-7-8-18(29)27-19(17)30/h1-6,9,17H,7-8,10-11H2,(H,26,32)(H,27,29,30)/i8D,10D/hD. The molecule has 3 atom stereocenters. The lowest BCUT2D eigenvalue weighted by molar-refractivity contribution is -0.147. The Hall–Kier alpha value is -3.33. The number of alkyl halides is 2. The third kappa shape index (κ3) is 4.08. The Labute approximate surface area is 191 Å². The van der Waals surface area contributed by atoms with Gasteiger partial charge < -0.3 is 10.2 Å². The third-order valence-corrected chi connectivity index (χ3v) is 5.47. The number of carbonyl (C=O) groups excluding carboxylic acids is 4. The zero-order chi connectivity index (χ0) is 25.7. The van der Waals surface area contributed by atoms with Gasteiger partial charge in [0.25, 0.3) is 11.8 Å². The van der Waals surface area contributed by atoms with Crippen LogP contribution < -0.4 is 10.6 Å². The van der Waals surface area contributed by atoms with Crippen LogP contribution in [0.2, 0.25) is 6.43 Å². The van der Waals surface area contributed by atoms with Gasteiger partial charge in [-0.2, -0.15) is 8.78 Å². The molecule has 0 spiro atoms. The van der Waals surface area contributed by atoms with Gasteiger partial charge in [-0.25, -0.2) is 0 Å². The zero-order valence-corrected chi connectivity index (χ0v) is 17.1. The fraction of sp³-hybridized carbons (Fsp3) is 0.273. The molecular weight excluding hydrogens is 444 g/mol. The van der Waals surface area contributed by atoms with E-state index in [2.05, 4.69) is 5.32 Å². The maximum atomic E-state index is 14.7. The van der Waals surface area contributed by atoms with E-state index in [1.165, 1.54) is 35.2 Å². The fourth-order valence-corrected chi connectivity index (χ4v) is 3.67. The van der Waals surface area contributed by atoms with Crippen molar-refractivity contribution in [1.82, 2.24) is 15.5 Å². The molecule has 2 aromatic rings. The Balaban J connectivity index is 1.53. The van der Waals surface area contributed by atoms with Crippen LogP contribution in [-0.4, -0.2) is 34.6 Å². The molecule has 1 saturated heterocycles. The normalized spacial score (nSPS) is 23.0. The zero-order valence-electron chi connectivity index (χ0n) is 19.3. The molecule has 4 amide bonds. The van der Waals surface area contributed by atoms with Gasteiger partial charge >= 0.3 is 5.92 Å². The molecule has 0 aromatic heterocycles. The second-order valence-electron chi connectivity index (χ2n) is 7.30. The van der Waals surface area contributed by atoms with Crippen molar-refractivity contribution in [1.29, 1.82) is 0 Å². The topological polar surface area (TPSA) is 95.6 Å². The first-order valence-corrected chi connectivity index (χ1v) is 9.89. The van der Waals surface area contributed by atoms with Crippen LogP contribution in [0.1, 0.15) is 42.6 Å². The lowest BCUT2D eigenvalue weighted by Crippen LogP contribution is -2.52. The van der Waals surface area contributed by atoms with Gasteiger partial charge in [0.1, 0.15) is 6.04 Å². The first kappa shape index (κ1) is 18.3. The molecule has 32 heavy (non-hydrogen) atoms. The minimum Gasteiger partial charge on any atom is -0.346 e. The van der Waals surface area contributed by atoms with E-state index in [0.29, 0.717) is 5.56 Å². The molecule has 2 aromatic carbocycles. The van der Waals surface area contributed by atoms with Gasteiger partial charge in [-0.05, 0) is 35.7 Å². The SMILES string of the molecule is [2H]C1CC(N2Cc3cc(C([2H])N([2H])C(=O)C(F)(F)c4ccc(Cl)cc4)ccc3C2=O)C(=O)NC1=O. The molecule has 7 nitrogen and oxygen atoms in total. The summed E-state index contributed by atoms with van der Waals surface area (Å²) in [6, 6.07) is 7.16. The van der Waals surface area contributed by atoms with Crippen LogP contribution in [0.15, 0.2) is 42.5 Å². The Bertz CT molecular complexity index is 1230. The molecule has 10 heteroatoms. The molecule has 4 rings (SSSR count). The number of rotatable bonds is 5. The average molecular weight is 465 g/mol. The lowest BCUT2D eigenvalue weighted by Gasteiger charge is -2.29. The van der Waals surface area contributed by atoms with Gasteiger partial charge in [0.2, 0.25) is 11.8 Å². The van der Waals surface area contributed by atoms with Crippen molar-refractivity contribution < 1.29 is 32.1 Å². The Morgan fingerprint density at radius 3 is 2.72 bits per heavy atom. The highest BCUT2D eigenvalue weighted by Gasteiger charge is 2.41. The van der Waals surface area contributed by atoms with Crippen molar-refractivity contribution >= 4 is 35.2 Å². The van der Waals surface area contributed by atoms with Gasteiger partial charge in [0.15, 0.2) is 1.41 Å². The summed E-state index contributed by atoms with van der Waals surface area (Å²) in [7, 11) is 0. The summed E-state index contributed by atoms with van der Waals surface area (Å²) in [6.45, 7) is -1.91. The van der Waals surface area contributed by atoms with E-state index < -0.39 is 54.1 Å². The molecule has 2 aliphatic rings. The van der Waals surface area contributed by atoms with Gasteiger partial charge in [0.05, 0.1) is 1.37 Å². The van der Waals surface area contributed by atoms with E-state index in [4.69, 9.17) is 15.8 Å². The highest BCUT2D eigenvalue weighted by molar-refractivity contribution is 6.30. The highest BCUT2D eigenvalue weighted by Crippen LogP contribution is 2.30. The van der Waals surface area contributed by atoms with Crippen LogP contribution in [0.5, 0.6) is 0 Å². The Morgan fingerprint density at radius 2 is 2.00 bits per heavy atom. The second kappa shape index (κ2) is 8.31. The maximum Gasteiger partial charge on any atom is 0.349 e. The maximum absolute atomic E-state index is 14.7. The van der Waals surface area contributed by atoms with Crippen molar-refractivity contribution in [2.45, 2.75) is 37.8 Å². The summed E-state index contributed by atoms with van der Waals surface area (Å²) < 4.78 is 53.2. The number of nitrogens with one attached hydrogen (secondary N) is 2. The molecule has 1 fully saturated rings. The molecule has 2 aliphatic heterocycles. The number of imide groups is 1. The van der Waals surface area contributed by atoms with Gasteiger partial charge in [-0.15, -0.1) is 0 Å². The predicted molar refractivity (Wildman–Crippen MR) is 110 cm³/mol. The molecule has 3 unspecified atom stereocenters. The summed E-state index contributed by atoms with van der Waals surface area (Å²) in [5.74, 6) is -7.96. The van der Waals surface area contributed by atoms with Crippen LogP contribution in [-0.2, 0) is 33.4 Å². The van der Waals surface area contributed by atoms with E-state index in [9.17, 15) is 28.0 Å². The monoisotopic (exact) mass is 464 g/mol. The molecule has 166 valence electrons. The molecular formula is C22H18ClF2N3O4. The van der Waals surface area contributed by atoms with Crippen LogP contribution in [0, 0.1) is 0 Å². The second-order valence-corrected chi connectivity index (χ2v) is 7.74. The quantitative estimate of drug-likeness (QED) is 0.665. The summed E-state index contributed by atoms with van der Waals surface area (Å²) in [4.78, 5) is 50.1. The van der Waals surface area contributed by atoms with E-state index >= 15 is 0 Å². The van der Waals surface area contributed by atoms with E-state index in [1.54, 1.807) is 0 Å². The molecule has 0 saturated carbocycles.